The molecule has 2 heterocycles. The van der Waals surface area contributed by atoms with Crippen molar-refractivity contribution in [1.82, 2.24) is 15.5 Å². The summed E-state index contributed by atoms with van der Waals surface area (Å²) in [5.41, 5.74) is 0.540. The lowest BCUT2D eigenvalue weighted by Crippen LogP contribution is -2.49. The number of rotatable bonds is 4. The summed E-state index contributed by atoms with van der Waals surface area (Å²) < 4.78 is 10.5. The molecule has 3 amide bonds. The van der Waals surface area contributed by atoms with Crippen LogP contribution in [0.1, 0.15) is 12.8 Å². The monoisotopic (exact) mass is 334 g/mol. The van der Waals surface area contributed by atoms with Crippen LogP contribution in [0, 0.1) is 0 Å². The Morgan fingerprint density at radius 3 is 2.96 bits per heavy atom. The SMILES string of the molecule is CNC1CCCN(CC(=O)NC(=O)Nc2ccc3c(c2)OCO3)C1. The first-order chi connectivity index (χ1) is 11.6. The zero-order chi connectivity index (χ0) is 16.9. The van der Waals surface area contributed by atoms with Gasteiger partial charge in [0.1, 0.15) is 0 Å². The largest absolute Gasteiger partial charge is 0.454 e. The molecule has 1 aromatic rings. The van der Waals surface area contributed by atoms with E-state index in [4.69, 9.17) is 9.47 Å². The van der Waals surface area contributed by atoms with Crippen LogP contribution in [0.5, 0.6) is 11.5 Å². The molecule has 0 aromatic heterocycles. The van der Waals surface area contributed by atoms with E-state index in [0.29, 0.717) is 23.2 Å². The fraction of sp³-hybridized carbons (Fsp3) is 0.500. The molecule has 1 atom stereocenters. The van der Waals surface area contributed by atoms with Crippen molar-refractivity contribution in [2.45, 2.75) is 18.9 Å². The Kier molecular flexibility index (Phi) is 5.17. The van der Waals surface area contributed by atoms with E-state index in [0.717, 1.165) is 25.9 Å². The number of nitrogens with zero attached hydrogens (tertiary/aromatic N) is 1. The van der Waals surface area contributed by atoms with E-state index in [2.05, 4.69) is 16.0 Å². The first-order valence-corrected chi connectivity index (χ1v) is 8.04. The molecule has 0 saturated carbocycles. The number of likely N-dealkylation sites (tertiary alicyclic amines) is 1. The molecule has 3 rings (SSSR count). The zero-order valence-electron chi connectivity index (χ0n) is 13.6. The van der Waals surface area contributed by atoms with Gasteiger partial charge in [0.25, 0.3) is 0 Å². The van der Waals surface area contributed by atoms with Crippen LogP contribution in [-0.4, -0.2) is 56.4 Å². The molecular formula is C16H22N4O4. The maximum absolute atomic E-state index is 12.0. The summed E-state index contributed by atoms with van der Waals surface area (Å²) in [6.45, 7) is 2.07. The maximum atomic E-state index is 12.0. The molecule has 0 aliphatic carbocycles. The van der Waals surface area contributed by atoms with E-state index in [1.165, 1.54) is 0 Å². The quantitative estimate of drug-likeness (QED) is 0.752. The van der Waals surface area contributed by atoms with Gasteiger partial charge in [-0.25, -0.2) is 4.79 Å². The van der Waals surface area contributed by atoms with Crippen molar-refractivity contribution >= 4 is 17.6 Å². The van der Waals surface area contributed by atoms with Gasteiger partial charge in [-0.1, -0.05) is 0 Å². The number of carbonyl (C=O) groups excluding carboxylic acids is 2. The molecule has 24 heavy (non-hydrogen) atoms. The Hall–Kier alpha value is -2.32. The van der Waals surface area contributed by atoms with Crippen molar-refractivity contribution in [2.75, 3.05) is 38.8 Å². The number of anilines is 1. The minimum Gasteiger partial charge on any atom is -0.454 e. The smallest absolute Gasteiger partial charge is 0.325 e. The number of ether oxygens (including phenoxy) is 2. The van der Waals surface area contributed by atoms with Crippen LogP contribution < -0.4 is 25.4 Å². The summed E-state index contributed by atoms with van der Waals surface area (Å²) in [4.78, 5) is 26.0. The highest BCUT2D eigenvalue weighted by Crippen LogP contribution is 2.34. The fourth-order valence-electron chi connectivity index (χ4n) is 2.94. The third-order valence-corrected chi connectivity index (χ3v) is 4.16. The Balaban J connectivity index is 1.47. The van der Waals surface area contributed by atoms with Crippen molar-refractivity contribution in [3.8, 4) is 11.5 Å². The number of hydrogen-bond donors (Lipinski definition) is 3. The lowest BCUT2D eigenvalue weighted by molar-refractivity contribution is -0.121. The number of likely N-dealkylation sites (N-methyl/N-ethyl adjacent to an activating group) is 1. The number of amides is 3. The summed E-state index contributed by atoms with van der Waals surface area (Å²) in [5.74, 6) is 0.900. The molecule has 0 spiro atoms. The van der Waals surface area contributed by atoms with Crippen LogP contribution in [0.3, 0.4) is 0 Å². The molecule has 8 nitrogen and oxygen atoms in total. The first-order valence-electron chi connectivity index (χ1n) is 8.04. The third-order valence-electron chi connectivity index (χ3n) is 4.16. The van der Waals surface area contributed by atoms with Gasteiger partial charge < -0.3 is 20.1 Å². The molecule has 0 bridgehead atoms. The second-order valence-electron chi connectivity index (χ2n) is 5.93. The highest BCUT2D eigenvalue weighted by atomic mass is 16.7. The first kappa shape index (κ1) is 16.5. The number of fused-ring (bicyclic) bond motifs is 1. The number of piperidine rings is 1. The summed E-state index contributed by atoms with van der Waals surface area (Å²) >= 11 is 0. The summed E-state index contributed by atoms with van der Waals surface area (Å²) in [6.07, 6.45) is 2.15. The Morgan fingerprint density at radius 2 is 2.12 bits per heavy atom. The minimum absolute atomic E-state index is 0.174. The molecule has 0 radical (unpaired) electrons. The van der Waals surface area contributed by atoms with Crippen LogP contribution in [-0.2, 0) is 4.79 Å². The molecular weight excluding hydrogens is 312 g/mol. The number of nitrogens with one attached hydrogen (secondary N) is 3. The second kappa shape index (κ2) is 7.50. The molecule has 2 aliphatic rings. The molecule has 8 heteroatoms. The molecule has 1 unspecified atom stereocenters. The van der Waals surface area contributed by atoms with Crippen molar-refractivity contribution in [1.29, 1.82) is 0 Å². The van der Waals surface area contributed by atoms with E-state index in [1.54, 1.807) is 18.2 Å². The minimum atomic E-state index is -0.555. The summed E-state index contributed by atoms with van der Waals surface area (Å²) in [6, 6.07) is 4.91. The number of urea groups is 1. The van der Waals surface area contributed by atoms with Crippen molar-refractivity contribution < 1.29 is 19.1 Å². The lowest BCUT2D eigenvalue weighted by Gasteiger charge is -2.31. The van der Waals surface area contributed by atoms with Crippen LogP contribution in [0.2, 0.25) is 0 Å². The predicted molar refractivity (Wildman–Crippen MR) is 88.2 cm³/mol. The average molecular weight is 334 g/mol. The summed E-state index contributed by atoms with van der Waals surface area (Å²) in [7, 11) is 1.92. The predicted octanol–water partition coefficient (Wildman–Crippen LogP) is 0.747. The van der Waals surface area contributed by atoms with E-state index in [1.807, 2.05) is 11.9 Å². The summed E-state index contributed by atoms with van der Waals surface area (Å²) in [5, 5.41) is 8.20. The Labute approximate surface area is 140 Å². The van der Waals surface area contributed by atoms with Crippen molar-refractivity contribution in [3.63, 3.8) is 0 Å². The Bertz CT molecular complexity index is 622. The van der Waals surface area contributed by atoms with Crippen molar-refractivity contribution in [2.24, 2.45) is 0 Å². The number of imide groups is 1. The van der Waals surface area contributed by atoms with E-state index >= 15 is 0 Å². The van der Waals surface area contributed by atoms with Gasteiger partial charge in [0.2, 0.25) is 12.7 Å². The molecule has 1 saturated heterocycles. The van der Waals surface area contributed by atoms with Crippen LogP contribution in [0.4, 0.5) is 10.5 Å². The number of carbonyl (C=O) groups is 2. The van der Waals surface area contributed by atoms with Crippen LogP contribution in [0.15, 0.2) is 18.2 Å². The van der Waals surface area contributed by atoms with Gasteiger partial charge in [0.15, 0.2) is 11.5 Å². The number of benzene rings is 1. The molecule has 1 aromatic carbocycles. The third kappa shape index (κ3) is 4.15. The van der Waals surface area contributed by atoms with Crippen molar-refractivity contribution in [3.05, 3.63) is 18.2 Å². The van der Waals surface area contributed by atoms with E-state index in [9.17, 15) is 9.59 Å². The fourth-order valence-corrected chi connectivity index (χ4v) is 2.94. The van der Waals surface area contributed by atoms with Gasteiger partial charge >= 0.3 is 6.03 Å². The maximum Gasteiger partial charge on any atom is 0.325 e. The Morgan fingerprint density at radius 1 is 1.29 bits per heavy atom. The topological polar surface area (TPSA) is 91.9 Å². The molecule has 2 aliphatic heterocycles. The standard InChI is InChI=1S/C16H22N4O4/c1-17-12-3-2-6-20(8-12)9-15(21)19-16(22)18-11-4-5-13-14(7-11)24-10-23-13/h4-5,7,12,17H,2-3,6,8-10H2,1H3,(H2,18,19,21,22). The molecule has 1 fully saturated rings. The molecule has 130 valence electrons. The van der Waals surface area contributed by atoms with E-state index < -0.39 is 6.03 Å². The lowest BCUT2D eigenvalue weighted by atomic mass is 10.1. The normalized spacial score (nSPS) is 19.8. The van der Waals surface area contributed by atoms with Gasteiger partial charge in [-0.2, -0.15) is 0 Å². The van der Waals surface area contributed by atoms with Gasteiger partial charge in [-0.15, -0.1) is 0 Å². The van der Waals surface area contributed by atoms with Gasteiger partial charge in [0, 0.05) is 24.3 Å². The average Bonchev–Trinajstić information content (AvgIpc) is 3.02. The number of hydrogen-bond acceptors (Lipinski definition) is 6. The van der Waals surface area contributed by atoms with Gasteiger partial charge in [-0.3, -0.25) is 15.0 Å². The van der Waals surface area contributed by atoms with Crippen LogP contribution >= 0.6 is 0 Å². The zero-order valence-corrected chi connectivity index (χ0v) is 13.6. The highest BCUT2D eigenvalue weighted by Gasteiger charge is 2.21. The van der Waals surface area contributed by atoms with Gasteiger partial charge in [-0.05, 0) is 38.6 Å². The molecule has 3 N–H and O–H groups in total. The highest BCUT2D eigenvalue weighted by molar-refractivity contribution is 6.01. The van der Waals surface area contributed by atoms with Crippen LogP contribution in [0.25, 0.3) is 0 Å². The van der Waals surface area contributed by atoms with E-state index in [-0.39, 0.29) is 19.2 Å². The van der Waals surface area contributed by atoms with Gasteiger partial charge in [0.05, 0.1) is 6.54 Å². The second-order valence-corrected chi connectivity index (χ2v) is 5.93.